The highest BCUT2D eigenvalue weighted by atomic mass is 79.9. The summed E-state index contributed by atoms with van der Waals surface area (Å²) in [5.74, 6) is -1.14. The zero-order valence-electron chi connectivity index (χ0n) is 14.4. The Hall–Kier alpha value is -2.99. The number of halogens is 1. The maximum absolute atomic E-state index is 13.1. The SMILES string of the molecule is CC(=O)OCc1cccc(N2C(=O)c3cccc4c(Br)ccc(c34)C2=O)c1. The minimum Gasteiger partial charge on any atom is -0.461 e. The van der Waals surface area contributed by atoms with Crippen LogP contribution in [0.2, 0.25) is 0 Å². The van der Waals surface area contributed by atoms with Crippen LogP contribution < -0.4 is 4.90 Å². The maximum atomic E-state index is 13.1. The van der Waals surface area contributed by atoms with E-state index in [9.17, 15) is 14.4 Å². The first-order valence-corrected chi connectivity index (χ1v) is 9.09. The largest absolute Gasteiger partial charge is 0.461 e. The van der Waals surface area contributed by atoms with Crippen LogP contribution in [-0.2, 0) is 16.1 Å². The molecule has 0 atom stereocenters. The molecule has 2 amide bonds. The van der Waals surface area contributed by atoms with E-state index in [4.69, 9.17) is 4.74 Å². The number of benzene rings is 3. The number of esters is 1. The summed E-state index contributed by atoms with van der Waals surface area (Å²) in [6.07, 6.45) is 0. The van der Waals surface area contributed by atoms with Crippen LogP contribution in [0.25, 0.3) is 10.8 Å². The molecule has 0 radical (unpaired) electrons. The van der Waals surface area contributed by atoms with E-state index in [1.807, 2.05) is 12.1 Å². The standard InChI is InChI=1S/C21H14BrNO4/c1-12(24)27-11-13-4-2-5-14(10-13)23-20(25)16-7-3-6-15-18(22)9-8-17(19(15)16)21(23)26/h2-10H,11H2,1H3. The van der Waals surface area contributed by atoms with Gasteiger partial charge in [-0.2, -0.15) is 0 Å². The number of carbonyl (C=O) groups is 3. The van der Waals surface area contributed by atoms with Gasteiger partial charge in [-0.15, -0.1) is 0 Å². The number of anilines is 1. The van der Waals surface area contributed by atoms with Gasteiger partial charge in [-0.1, -0.05) is 40.2 Å². The minimum atomic E-state index is -0.392. The highest BCUT2D eigenvalue weighted by Crippen LogP contribution is 2.36. The normalized spacial score (nSPS) is 13.2. The molecular weight excluding hydrogens is 410 g/mol. The predicted octanol–water partition coefficient (Wildman–Crippen LogP) is 4.47. The molecular formula is C21H14BrNO4. The summed E-state index contributed by atoms with van der Waals surface area (Å²) in [5.41, 5.74) is 2.10. The Balaban J connectivity index is 1.81. The van der Waals surface area contributed by atoms with Crippen molar-refractivity contribution in [3.05, 3.63) is 75.8 Å². The zero-order valence-corrected chi connectivity index (χ0v) is 15.9. The first-order valence-electron chi connectivity index (χ1n) is 8.29. The molecule has 1 heterocycles. The first-order chi connectivity index (χ1) is 13.0. The van der Waals surface area contributed by atoms with Crippen LogP contribution in [0.5, 0.6) is 0 Å². The van der Waals surface area contributed by atoms with Crippen LogP contribution in [0.1, 0.15) is 33.2 Å². The average Bonchev–Trinajstić information content (AvgIpc) is 2.66. The van der Waals surface area contributed by atoms with Crippen molar-refractivity contribution in [2.24, 2.45) is 0 Å². The fourth-order valence-electron chi connectivity index (χ4n) is 3.27. The van der Waals surface area contributed by atoms with Gasteiger partial charge in [0.15, 0.2) is 0 Å². The molecule has 0 fully saturated rings. The predicted molar refractivity (Wildman–Crippen MR) is 105 cm³/mol. The van der Waals surface area contributed by atoms with E-state index in [0.29, 0.717) is 27.8 Å². The lowest BCUT2D eigenvalue weighted by atomic mass is 9.93. The molecule has 0 unspecified atom stereocenters. The summed E-state index contributed by atoms with van der Waals surface area (Å²) in [6, 6.07) is 15.8. The highest BCUT2D eigenvalue weighted by molar-refractivity contribution is 9.10. The molecule has 134 valence electrons. The van der Waals surface area contributed by atoms with E-state index in [1.165, 1.54) is 11.8 Å². The van der Waals surface area contributed by atoms with E-state index in [-0.39, 0.29) is 18.4 Å². The van der Waals surface area contributed by atoms with E-state index >= 15 is 0 Å². The topological polar surface area (TPSA) is 63.7 Å². The van der Waals surface area contributed by atoms with Crippen molar-refractivity contribution in [1.29, 1.82) is 0 Å². The minimum absolute atomic E-state index is 0.0819. The molecule has 4 rings (SSSR count). The Labute approximate surface area is 163 Å². The van der Waals surface area contributed by atoms with Gasteiger partial charge in [0.25, 0.3) is 11.8 Å². The Morgan fingerprint density at radius 1 is 1.00 bits per heavy atom. The van der Waals surface area contributed by atoms with Gasteiger partial charge in [0, 0.05) is 27.9 Å². The van der Waals surface area contributed by atoms with Gasteiger partial charge in [0.05, 0.1) is 5.69 Å². The van der Waals surface area contributed by atoms with Crippen LogP contribution in [0.4, 0.5) is 5.69 Å². The molecule has 0 spiro atoms. The zero-order chi connectivity index (χ0) is 19.1. The van der Waals surface area contributed by atoms with Crippen molar-refractivity contribution < 1.29 is 19.1 Å². The van der Waals surface area contributed by atoms with Crippen LogP contribution >= 0.6 is 15.9 Å². The summed E-state index contributed by atoms with van der Waals surface area (Å²) in [5, 5.41) is 1.49. The number of hydrogen-bond acceptors (Lipinski definition) is 4. The van der Waals surface area contributed by atoms with Crippen molar-refractivity contribution in [2.45, 2.75) is 13.5 Å². The highest BCUT2D eigenvalue weighted by Gasteiger charge is 2.34. The van der Waals surface area contributed by atoms with E-state index in [0.717, 1.165) is 9.86 Å². The first kappa shape index (κ1) is 17.4. The summed E-state index contributed by atoms with van der Waals surface area (Å²) in [6.45, 7) is 1.41. The molecule has 0 bridgehead atoms. The quantitative estimate of drug-likeness (QED) is 0.460. The van der Waals surface area contributed by atoms with Gasteiger partial charge < -0.3 is 4.74 Å². The molecule has 0 aromatic heterocycles. The molecule has 3 aromatic rings. The number of hydrogen-bond donors (Lipinski definition) is 0. The maximum Gasteiger partial charge on any atom is 0.302 e. The third kappa shape index (κ3) is 2.92. The number of nitrogens with zero attached hydrogens (tertiary/aromatic N) is 1. The monoisotopic (exact) mass is 423 g/mol. The fraction of sp³-hybridized carbons (Fsp3) is 0.0952. The lowest BCUT2D eigenvalue weighted by molar-refractivity contribution is -0.142. The molecule has 0 aliphatic carbocycles. The van der Waals surface area contributed by atoms with Gasteiger partial charge in [-0.3, -0.25) is 14.4 Å². The molecule has 6 heteroatoms. The Morgan fingerprint density at radius 2 is 1.70 bits per heavy atom. The van der Waals surface area contributed by atoms with Gasteiger partial charge in [-0.05, 0) is 41.3 Å². The smallest absolute Gasteiger partial charge is 0.302 e. The third-order valence-electron chi connectivity index (χ3n) is 4.47. The fourth-order valence-corrected chi connectivity index (χ4v) is 3.73. The molecule has 27 heavy (non-hydrogen) atoms. The van der Waals surface area contributed by atoms with Crippen molar-refractivity contribution in [1.82, 2.24) is 0 Å². The Bertz CT molecular complexity index is 1100. The van der Waals surface area contributed by atoms with Gasteiger partial charge in [-0.25, -0.2) is 4.90 Å². The third-order valence-corrected chi connectivity index (χ3v) is 5.16. The summed E-state index contributed by atoms with van der Waals surface area (Å²) in [7, 11) is 0. The van der Waals surface area contributed by atoms with Crippen molar-refractivity contribution >= 4 is 50.2 Å². The van der Waals surface area contributed by atoms with E-state index < -0.39 is 5.97 Å². The lowest BCUT2D eigenvalue weighted by Gasteiger charge is -2.27. The van der Waals surface area contributed by atoms with Crippen molar-refractivity contribution in [2.75, 3.05) is 4.90 Å². The van der Waals surface area contributed by atoms with Crippen LogP contribution in [0, 0.1) is 0 Å². The number of amides is 2. The van der Waals surface area contributed by atoms with Gasteiger partial charge in [0.1, 0.15) is 6.61 Å². The summed E-state index contributed by atoms with van der Waals surface area (Å²) >= 11 is 3.48. The molecule has 0 saturated heterocycles. The molecule has 0 saturated carbocycles. The number of ether oxygens (including phenoxy) is 1. The number of imide groups is 1. The number of carbonyl (C=O) groups excluding carboxylic acids is 3. The number of rotatable bonds is 3. The van der Waals surface area contributed by atoms with E-state index in [1.54, 1.807) is 42.5 Å². The molecule has 0 N–H and O–H groups in total. The van der Waals surface area contributed by atoms with Crippen molar-refractivity contribution in [3.8, 4) is 0 Å². The lowest BCUT2D eigenvalue weighted by Crippen LogP contribution is -2.40. The summed E-state index contributed by atoms with van der Waals surface area (Å²) < 4.78 is 5.84. The molecule has 3 aromatic carbocycles. The van der Waals surface area contributed by atoms with Crippen molar-refractivity contribution in [3.63, 3.8) is 0 Å². The second-order valence-electron chi connectivity index (χ2n) is 6.22. The second kappa shape index (κ2) is 6.63. The molecule has 1 aliphatic heterocycles. The van der Waals surface area contributed by atoms with Gasteiger partial charge in [0.2, 0.25) is 0 Å². The van der Waals surface area contributed by atoms with Crippen LogP contribution in [0.15, 0.2) is 59.1 Å². The molecule has 1 aliphatic rings. The van der Waals surface area contributed by atoms with E-state index in [2.05, 4.69) is 15.9 Å². The Morgan fingerprint density at radius 3 is 2.44 bits per heavy atom. The average molecular weight is 424 g/mol. The second-order valence-corrected chi connectivity index (χ2v) is 7.07. The molecule has 5 nitrogen and oxygen atoms in total. The Kier molecular flexibility index (Phi) is 4.28. The summed E-state index contributed by atoms with van der Waals surface area (Å²) in [4.78, 5) is 38.4. The van der Waals surface area contributed by atoms with Gasteiger partial charge >= 0.3 is 5.97 Å². The van der Waals surface area contributed by atoms with Crippen LogP contribution in [-0.4, -0.2) is 17.8 Å². The van der Waals surface area contributed by atoms with Crippen LogP contribution in [0.3, 0.4) is 0 Å².